The summed E-state index contributed by atoms with van der Waals surface area (Å²) in [6.07, 6.45) is 2.60. The zero-order chi connectivity index (χ0) is 8.55. The summed E-state index contributed by atoms with van der Waals surface area (Å²) in [6, 6.07) is 0. The minimum atomic E-state index is -0.131. The van der Waals surface area contributed by atoms with Crippen LogP contribution in [0.5, 0.6) is 0 Å². The van der Waals surface area contributed by atoms with Gasteiger partial charge in [-0.1, -0.05) is 0 Å². The standard InChI is InChI=1S/C9H15NO2.B/c1-7(11)12-9-6-10-4-2-8(9)3-5-10;/h8-9H,2-6H2,1H3;. The number of hydrogen-bond acceptors (Lipinski definition) is 3. The van der Waals surface area contributed by atoms with Crippen molar-refractivity contribution in [3.63, 3.8) is 0 Å². The highest BCUT2D eigenvalue weighted by Crippen LogP contribution is 2.29. The predicted octanol–water partition coefficient (Wildman–Crippen LogP) is 0.263. The number of rotatable bonds is 1. The molecule has 3 fully saturated rings. The SMILES string of the molecule is CC(=O)OC1CN2CCC1CC2.[B]. The van der Waals surface area contributed by atoms with Crippen LogP contribution in [0.15, 0.2) is 0 Å². The summed E-state index contributed by atoms with van der Waals surface area (Å²) < 4.78 is 5.24. The number of hydrogen-bond donors (Lipinski definition) is 0. The van der Waals surface area contributed by atoms with Gasteiger partial charge < -0.3 is 4.74 Å². The van der Waals surface area contributed by atoms with Crippen molar-refractivity contribution in [2.24, 2.45) is 5.92 Å². The lowest BCUT2D eigenvalue weighted by molar-refractivity contribution is -0.156. The van der Waals surface area contributed by atoms with Crippen molar-refractivity contribution in [1.29, 1.82) is 0 Å². The van der Waals surface area contributed by atoms with E-state index < -0.39 is 0 Å². The minimum absolute atomic E-state index is 0. The molecule has 3 heterocycles. The smallest absolute Gasteiger partial charge is 0.302 e. The third-order valence-electron chi connectivity index (χ3n) is 2.91. The number of fused-ring (bicyclic) bond motifs is 3. The lowest BCUT2D eigenvalue weighted by atomic mass is 9.86. The summed E-state index contributed by atoms with van der Waals surface area (Å²) in [4.78, 5) is 13.1. The second kappa shape index (κ2) is 4.14. The highest BCUT2D eigenvalue weighted by molar-refractivity contribution is 5.75. The number of piperidine rings is 3. The fraction of sp³-hybridized carbons (Fsp3) is 0.889. The molecule has 1 atom stereocenters. The third kappa shape index (κ3) is 2.24. The summed E-state index contributed by atoms with van der Waals surface area (Å²) in [5, 5.41) is 0. The van der Waals surface area contributed by atoms with Gasteiger partial charge in [-0.25, -0.2) is 0 Å². The first-order chi connectivity index (χ1) is 5.75. The first kappa shape index (κ1) is 10.6. The van der Waals surface area contributed by atoms with Crippen LogP contribution >= 0.6 is 0 Å². The highest BCUT2D eigenvalue weighted by Gasteiger charge is 2.35. The lowest BCUT2D eigenvalue weighted by Crippen LogP contribution is -2.51. The molecule has 0 amide bonds. The molecular formula is C9H15BNO2. The maximum absolute atomic E-state index is 10.7. The zero-order valence-corrected chi connectivity index (χ0v) is 8.03. The van der Waals surface area contributed by atoms with Gasteiger partial charge in [0.2, 0.25) is 0 Å². The van der Waals surface area contributed by atoms with E-state index in [2.05, 4.69) is 4.90 Å². The van der Waals surface area contributed by atoms with Gasteiger partial charge in [-0.2, -0.15) is 0 Å². The molecular weight excluding hydrogens is 165 g/mol. The normalized spacial score (nSPS) is 36.5. The Kier molecular flexibility index (Phi) is 3.36. The Hall–Kier alpha value is -0.505. The summed E-state index contributed by atoms with van der Waals surface area (Å²) in [7, 11) is 0. The molecule has 3 radical (unpaired) electrons. The summed E-state index contributed by atoms with van der Waals surface area (Å²) in [6.45, 7) is 4.85. The monoisotopic (exact) mass is 180 g/mol. The molecule has 13 heavy (non-hydrogen) atoms. The summed E-state index contributed by atoms with van der Waals surface area (Å²) >= 11 is 0. The van der Waals surface area contributed by atoms with E-state index in [1.807, 2.05) is 0 Å². The first-order valence-electron chi connectivity index (χ1n) is 4.65. The largest absolute Gasteiger partial charge is 0.461 e. The van der Waals surface area contributed by atoms with E-state index in [-0.39, 0.29) is 20.5 Å². The van der Waals surface area contributed by atoms with Crippen LogP contribution in [0.4, 0.5) is 0 Å². The predicted molar refractivity (Wildman–Crippen MR) is 50.5 cm³/mol. The van der Waals surface area contributed by atoms with Gasteiger partial charge in [0, 0.05) is 21.9 Å². The van der Waals surface area contributed by atoms with E-state index in [0.29, 0.717) is 5.92 Å². The average molecular weight is 180 g/mol. The van der Waals surface area contributed by atoms with Crippen molar-refractivity contribution in [2.75, 3.05) is 19.6 Å². The lowest BCUT2D eigenvalue weighted by Gasteiger charge is -2.43. The highest BCUT2D eigenvalue weighted by atomic mass is 16.5. The fourth-order valence-corrected chi connectivity index (χ4v) is 2.26. The average Bonchev–Trinajstić information content (AvgIpc) is 2.05. The van der Waals surface area contributed by atoms with Gasteiger partial charge in [0.1, 0.15) is 6.10 Å². The van der Waals surface area contributed by atoms with E-state index in [0.717, 1.165) is 6.54 Å². The Morgan fingerprint density at radius 2 is 2.00 bits per heavy atom. The molecule has 3 saturated heterocycles. The van der Waals surface area contributed by atoms with Crippen LogP contribution in [-0.4, -0.2) is 45.0 Å². The molecule has 4 heteroatoms. The van der Waals surface area contributed by atoms with Crippen LogP contribution < -0.4 is 0 Å². The molecule has 0 saturated carbocycles. The van der Waals surface area contributed by atoms with Crippen molar-refractivity contribution >= 4 is 14.4 Å². The molecule has 71 valence electrons. The molecule has 3 aliphatic heterocycles. The zero-order valence-electron chi connectivity index (χ0n) is 8.03. The van der Waals surface area contributed by atoms with Crippen LogP contribution in [-0.2, 0) is 9.53 Å². The third-order valence-corrected chi connectivity index (χ3v) is 2.91. The second-order valence-corrected chi connectivity index (χ2v) is 3.79. The van der Waals surface area contributed by atoms with Crippen molar-refractivity contribution in [1.82, 2.24) is 4.90 Å². The van der Waals surface area contributed by atoms with Crippen LogP contribution in [0.25, 0.3) is 0 Å². The number of esters is 1. The molecule has 0 aliphatic carbocycles. The van der Waals surface area contributed by atoms with Crippen molar-refractivity contribution < 1.29 is 9.53 Å². The van der Waals surface area contributed by atoms with Gasteiger partial charge in [0.25, 0.3) is 0 Å². The quantitative estimate of drug-likeness (QED) is 0.428. The first-order valence-corrected chi connectivity index (χ1v) is 4.65. The maximum Gasteiger partial charge on any atom is 0.302 e. The molecule has 0 aromatic heterocycles. The van der Waals surface area contributed by atoms with Crippen molar-refractivity contribution in [3.8, 4) is 0 Å². The molecule has 3 aliphatic rings. The number of nitrogens with zero attached hydrogens (tertiary/aromatic N) is 1. The maximum atomic E-state index is 10.7. The molecule has 0 spiro atoms. The molecule has 0 aromatic carbocycles. The Bertz CT molecular complexity index is 190. The Balaban J connectivity index is 0.000000845. The molecule has 3 rings (SSSR count). The summed E-state index contributed by atoms with van der Waals surface area (Å²) in [5.41, 5.74) is 0. The molecule has 2 bridgehead atoms. The molecule has 3 nitrogen and oxygen atoms in total. The van der Waals surface area contributed by atoms with Gasteiger partial charge in [0.05, 0.1) is 0 Å². The number of ether oxygens (including phenoxy) is 1. The fourth-order valence-electron chi connectivity index (χ4n) is 2.26. The van der Waals surface area contributed by atoms with Crippen LogP contribution in [0.2, 0.25) is 0 Å². The number of carbonyl (C=O) groups excluding carboxylic acids is 1. The Morgan fingerprint density at radius 3 is 2.38 bits per heavy atom. The van der Waals surface area contributed by atoms with Crippen LogP contribution in [0.1, 0.15) is 19.8 Å². The summed E-state index contributed by atoms with van der Waals surface area (Å²) in [5.74, 6) is 0.507. The van der Waals surface area contributed by atoms with Gasteiger partial charge >= 0.3 is 5.97 Å². The second-order valence-electron chi connectivity index (χ2n) is 3.79. The van der Waals surface area contributed by atoms with Crippen LogP contribution in [0, 0.1) is 5.92 Å². The molecule has 0 aromatic rings. The van der Waals surface area contributed by atoms with E-state index in [9.17, 15) is 4.79 Å². The Labute approximate surface area is 81.0 Å². The van der Waals surface area contributed by atoms with Gasteiger partial charge in [-0.05, 0) is 31.8 Å². The topological polar surface area (TPSA) is 29.5 Å². The molecule has 0 N–H and O–H groups in total. The molecule has 1 unspecified atom stereocenters. The number of carbonyl (C=O) groups is 1. The van der Waals surface area contributed by atoms with Crippen LogP contribution in [0.3, 0.4) is 0 Å². The van der Waals surface area contributed by atoms with Gasteiger partial charge in [-0.15, -0.1) is 0 Å². The Morgan fingerprint density at radius 1 is 1.38 bits per heavy atom. The van der Waals surface area contributed by atoms with E-state index in [1.54, 1.807) is 0 Å². The van der Waals surface area contributed by atoms with E-state index in [4.69, 9.17) is 4.74 Å². The minimum Gasteiger partial charge on any atom is -0.461 e. The van der Waals surface area contributed by atoms with Gasteiger partial charge in [-0.3, -0.25) is 9.69 Å². The van der Waals surface area contributed by atoms with E-state index in [1.165, 1.54) is 32.9 Å². The van der Waals surface area contributed by atoms with E-state index >= 15 is 0 Å². The van der Waals surface area contributed by atoms with Crippen molar-refractivity contribution in [3.05, 3.63) is 0 Å². The van der Waals surface area contributed by atoms with Crippen molar-refractivity contribution in [2.45, 2.75) is 25.9 Å². The van der Waals surface area contributed by atoms with Gasteiger partial charge in [0.15, 0.2) is 0 Å².